The molecule has 0 aromatic heterocycles. The Balaban J connectivity index is 1.87. The van der Waals surface area contributed by atoms with E-state index in [2.05, 4.69) is 4.72 Å². The second-order valence-corrected chi connectivity index (χ2v) is 6.97. The molecule has 2 N–H and O–H groups in total. The molecule has 0 bridgehead atoms. The molecule has 1 atom stereocenters. The molecule has 1 aliphatic rings. The molecule has 0 saturated carbocycles. The zero-order valence-corrected chi connectivity index (χ0v) is 12.4. The number of nitrogens with one attached hydrogen (secondary N) is 1. The number of ether oxygens (including phenoxy) is 1. The fourth-order valence-electron chi connectivity index (χ4n) is 2.37. The monoisotopic (exact) mass is 313 g/mol. The maximum Gasteiger partial charge on any atom is 0.335 e. The number of carbonyl (C=O) groups is 1. The first-order valence-electron chi connectivity index (χ1n) is 6.84. The minimum absolute atomic E-state index is 0.0498. The molecule has 1 aromatic rings. The number of rotatable bonds is 7. The van der Waals surface area contributed by atoms with Gasteiger partial charge in [0.05, 0.1) is 17.9 Å². The van der Waals surface area contributed by atoms with Crippen molar-refractivity contribution in [2.24, 2.45) is 5.92 Å². The van der Waals surface area contributed by atoms with Gasteiger partial charge in [-0.15, -0.1) is 0 Å². The largest absolute Gasteiger partial charge is 0.478 e. The molecule has 1 saturated heterocycles. The molecule has 21 heavy (non-hydrogen) atoms. The third-order valence-corrected chi connectivity index (χ3v) is 5.00. The zero-order chi connectivity index (χ0) is 15.3. The fraction of sp³-hybridized carbons (Fsp3) is 0.500. The number of carboxylic acid groups (broad SMARTS) is 1. The summed E-state index contributed by atoms with van der Waals surface area (Å²) in [5.41, 5.74) is 0.831. The molecule has 1 unspecified atom stereocenters. The number of carboxylic acids is 1. The topological polar surface area (TPSA) is 92.7 Å². The van der Waals surface area contributed by atoms with Gasteiger partial charge >= 0.3 is 5.97 Å². The maximum absolute atomic E-state index is 11.9. The predicted octanol–water partition coefficient (Wildman–Crippen LogP) is 0.883. The summed E-state index contributed by atoms with van der Waals surface area (Å²) in [6.07, 6.45) is 1.12. The van der Waals surface area contributed by atoms with Crippen molar-refractivity contribution in [1.29, 1.82) is 0 Å². The lowest BCUT2D eigenvalue weighted by molar-refractivity contribution is 0.0695. The lowest BCUT2D eigenvalue weighted by atomic mass is 10.1. The van der Waals surface area contributed by atoms with E-state index < -0.39 is 16.0 Å². The van der Waals surface area contributed by atoms with Crippen LogP contribution in [0.25, 0.3) is 0 Å². The van der Waals surface area contributed by atoms with E-state index >= 15 is 0 Å². The summed E-state index contributed by atoms with van der Waals surface area (Å²) in [4.78, 5) is 11.1. The second-order valence-electron chi connectivity index (χ2n) is 5.12. The molecule has 0 aliphatic carbocycles. The molecule has 0 amide bonds. The predicted molar refractivity (Wildman–Crippen MR) is 77.8 cm³/mol. The third-order valence-electron chi connectivity index (χ3n) is 3.44. The fourth-order valence-corrected chi connectivity index (χ4v) is 3.79. The van der Waals surface area contributed by atoms with Crippen LogP contribution < -0.4 is 4.72 Å². The summed E-state index contributed by atoms with van der Waals surface area (Å²) >= 11 is 0. The Morgan fingerprint density at radius 2 is 2.14 bits per heavy atom. The van der Waals surface area contributed by atoms with Crippen molar-refractivity contribution >= 4 is 16.0 Å². The van der Waals surface area contributed by atoms with Crippen molar-refractivity contribution in [2.45, 2.75) is 12.8 Å². The highest BCUT2D eigenvalue weighted by Crippen LogP contribution is 2.14. The Morgan fingerprint density at radius 1 is 1.38 bits per heavy atom. The van der Waals surface area contributed by atoms with E-state index in [9.17, 15) is 13.2 Å². The van der Waals surface area contributed by atoms with Crippen LogP contribution in [0.4, 0.5) is 0 Å². The van der Waals surface area contributed by atoms with Crippen LogP contribution in [0.3, 0.4) is 0 Å². The first kappa shape index (κ1) is 15.9. The average molecular weight is 313 g/mol. The molecule has 1 aromatic carbocycles. The quantitative estimate of drug-likeness (QED) is 0.779. The highest BCUT2D eigenvalue weighted by Gasteiger charge is 2.22. The van der Waals surface area contributed by atoms with Gasteiger partial charge < -0.3 is 9.84 Å². The summed E-state index contributed by atoms with van der Waals surface area (Å²) < 4.78 is 31.5. The minimum Gasteiger partial charge on any atom is -0.478 e. The van der Waals surface area contributed by atoms with Crippen molar-refractivity contribution in [3.8, 4) is 0 Å². The van der Waals surface area contributed by atoms with Crippen LogP contribution in [0.2, 0.25) is 0 Å². The van der Waals surface area contributed by atoms with Gasteiger partial charge in [-0.1, -0.05) is 18.2 Å². The van der Waals surface area contributed by atoms with Crippen LogP contribution in [0.15, 0.2) is 24.3 Å². The Kier molecular flexibility index (Phi) is 5.33. The molecule has 116 valence electrons. The molecule has 2 rings (SSSR count). The summed E-state index contributed by atoms with van der Waals surface area (Å²) in [6, 6.07) is 6.61. The highest BCUT2D eigenvalue weighted by atomic mass is 32.2. The Labute approximate surface area is 124 Å². The van der Waals surface area contributed by atoms with Gasteiger partial charge in [0, 0.05) is 13.2 Å². The second kappa shape index (κ2) is 7.02. The number of sulfonamides is 1. The van der Waals surface area contributed by atoms with Crippen LogP contribution in [0, 0.1) is 5.92 Å². The molecular formula is C14H19NO5S. The molecule has 1 aliphatic heterocycles. The molecule has 1 fully saturated rings. The molecule has 6 nitrogen and oxygen atoms in total. The smallest absolute Gasteiger partial charge is 0.335 e. The first-order chi connectivity index (χ1) is 9.98. The highest BCUT2D eigenvalue weighted by molar-refractivity contribution is 7.89. The normalized spacial score (nSPS) is 18.8. The van der Waals surface area contributed by atoms with Gasteiger partial charge in [0.1, 0.15) is 0 Å². The summed E-state index contributed by atoms with van der Waals surface area (Å²) in [5.74, 6) is -0.890. The van der Waals surface area contributed by atoms with Crippen molar-refractivity contribution < 1.29 is 23.1 Å². The number of hydrogen-bond acceptors (Lipinski definition) is 4. The van der Waals surface area contributed by atoms with Crippen molar-refractivity contribution in [1.82, 2.24) is 4.72 Å². The molecule has 1 heterocycles. The lowest BCUT2D eigenvalue weighted by Gasteiger charge is -2.11. The molecule has 0 spiro atoms. The molecule has 0 radical (unpaired) electrons. The number of hydrogen-bond donors (Lipinski definition) is 2. The van der Waals surface area contributed by atoms with Crippen molar-refractivity contribution in [3.05, 3.63) is 35.4 Å². The van der Waals surface area contributed by atoms with Crippen molar-refractivity contribution in [3.63, 3.8) is 0 Å². The van der Waals surface area contributed by atoms with Gasteiger partial charge in [0.15, 0.2) is 0 Å². The van der Waals surface area contributed by atoms with E-state index in [4.69, 9.17) is 9.84 Å². The van der Waals surface area contributed by atoms with Gasteiger partial charge in [0.25, 0.3) is 0 Å². The third kappa shape index (κ3) is 4.80. The van der Waals surface area contributed by atoms with Gasteiger partial charge in [-0.25, -0.2) is 17.9 Å². The van der Waals surface area contributed by atoms with Crippen LogP contribution in [0.5, 0.6) is 0 Å². The van der Waals surface area contributed by atoms with Crippen LogP contribution in [-0.2, 0) is 21.2 Å². The van der Waals surface area contributed by atoms with E-state index in [0.29, 0.717) is 25.2 Å². The van der Waals surface area contributed by atoms with Gasteiger partial charge in [-0.3, -0.25) is 0 Å². The van der Waals surface area contributed by atoms with Crippen LogP contribution in [-0.4, -0.2) is 45.0 Å². The summed E-state index contributed by atoms with van der Waals surface area (Å²) in [7, 11) is -3.35. The number of aromatic carboxylic acids is 1. The zero-order valence-electron chi connectivity index (χ0n) is 11.6. The Morgan fingerprint density at radius 3 is 2.81 bits per heavy atom. The average Bonchev–Trinajstić information content (AvgIpc) is 2.91. The van der Waals surface area contributed by atoms with Gasteiger partial charge in [0.2, 0.25) is 10.0 Å². The molecular weight excluding hydrogens is 294 g/mol. The maximum atomic E-state index is 11.9. The number of benzene rings is 1. The molecule has 7 heteroatoms. The Hall–Kier alpha value is -1.44. The minimum atomic E-state index is -3.35. The van der Waals surface area contributed by atoms with Gasteiger partial charge in [-0.05, 0) is 30.4 Å². The first-order valence-corrected chi connectivity index (χ1v) is 8.49. The van der Waals surface area contributed by atoms with E-state index in [1.165, 1.54) is 6.07 Å². The lowest BCUT2D eigenvalue weighted by Crippen LogP contribution is -2.31. The van der Waals surface area contributed by atoms with Gasteiger partial charge in [-0.2, -0.15) is 0 Å². The van der Waals surface area contributed by atoms with E-state index in [0.717, 1.165) is 6.42 Å². The Bertz CT molecular complexity index is 593. The standard InChI is InChI=1S/C14H19NO5S/c16-14(17)13-4-2-1-3-12(13)5-7-15-21(18,19)10-11-6-8-20-9-11/h1-4,11,15H,5-10H2,(H,16,17). The SMILES string of the molecule is O=C(O)c1ccccc1CCNS(=O)(=O)CC1CCOC1. The van der Waals surface area contributed by atoms with E-state index in [1.807, 2.05) is 0 Å². The van der Waals surface area contributed by atoms with E-state index in [1.54, 1.807) is 18.2 Å². The van der Waals surface area contributed by atoms with E-state index in [-0.39, 0.29) is 23.8 Å². The van der Waals surface area contributed by atoms with Crippen LogP contribution >= 0.6 is 0 Å². The van der Waals surface area contributed by atoms with Crippen molar-refractivity contribution in [2.75, 3.05) is 25.5 Å². The summed E-state index contributed by atoms with van der Waals surface area (Å²) in [6.45, 7) is 1.30. The van der Waals surface area contributed by atoms with Crippen LogP contribution in [0.1, 0.15) is 22.3 Å². The summed E-state index contributed by atoms with van der Waals surface area (Å²) in [5, 5.41) is 9.06.